The lowest BCUT2D eigenvalue weighted by atomic mass is 9.89. The van der Waals surface area contributed by atoms with Crippen LogP contribution < -0.4 is 20.7 Å². The Morgan fingerprint density at radius 1 is 1.17 bits per heavy atom. The van der Waals surface area contributed by atoms with Gasteiger partial charge in [-0.25, -0.2) is 0 Å². The zero-order valence-corrected chi connectivity index (χ0v) is 16.5. The van der Waals surface area contributed by atoms with Crippen LogP contribution in [-0.4, -0.2) is 36.0 Å². The Morgan fingerprint density at radius 2 is 1.97 bits per heavy atom. The molecular weight excluding hydrogens is 368 g/mol. The third-order valence-corrected chi connectivity index (χ3v) is 5.70. The highest BCUT2D eigenvalue weighted by molar-refractivity contribution is 6.05. The Morgan fingerprint density at radius 3 is 2.66 bits per heavy atom. The number of piperidine rings is 1. The lowest BCUT2D eigenvalue weighted by Gasteiger charge is -2.28. The van der Waals surface area contributed by atoms with E-state index in [0.29, 0.717) is 47.1 Å². The lowest BCUT2D eigenvalue weighted by Crippen LogP contribution is -2.39. The molecule has 2 aliphatic rings. The molecule has 7 nitrogen and oxygen atoms in total. The minimum Gasteiger partial charge on any atom is -0.494 e. The van der Waals surface area contributed by atoms with Gasteiger partial charge in [-0.1, -0.05) is 0 Å². The van der Waals surface area contributed by atoms with E-state index in [0.717, 1.165) is 12.8 Å². The highest BCUT2D eigenvalue weighted by Crippen LogP contribution is 2.33. The smallest absolute Gasteiger partial charge is 0.257 e. The maximum Gasteiger partial charge on any atom is 0.257 e. The maximum absolute atomic E-state index is 12.5. The standard InChI is InChI=1S/C22H26N4O3/c1-29-20-12-18(6-7-19(20)26-22(28)15-3-2-8-23-13-15)25-21(27)11-14-9-16-4-5-17(10-14)24-16/h2-3,6-8,12-14,16-17,24H,4-5,9-11H2,1H3,(H,25,27)(H,26,28). The Hall–Kier alpha value is -2.93. The fourth-order valence-corrected chi connectivity index (χ4v) is 4.38. The van der Waals surface area contributed by atoms with Gasteiger partial charge < -0.3 is 20.7 Å². The van der Waals surface area contributed by atoms with Gasteiger partial charge in [-0.05, 0) is 55.9 Å². The number of methoxy groups -OCH3 is 1. The van der Waals surface area contributed by atoms with Crippen molar-refractivity contribution in [3.8, 4) is 5.75 Å². The number of aromatic nitrogens is 1. The van der Waals surface area contributed by atoms with E-state index in [9.17, 15) is 9.59 Å². The average molecular weight is 394 g/mol. The highest BCUT2D eigenvalue weighted by atomic mass is 16.5. The van der Waals surface area contributed by atoms with Crippen molar-refractivity contribution in [1.82, 2.24) is 10.3 Å². The molecule has 1 aromatic heterocycles. The number of benzene rings is 1. The molecule has 3 N–H and O–H groups in total. The van der Waals surface area contributed by atoms with Crippen LogP contribution in [-0.2, 0) is 4.79 Å². The predicted octanol–water partition coefficient (Wildman–Crippen LogP) is 3.20. The number of hydrogen-bond donors (Lipinski definition) is 3. The number of carbonyl (C=O) groups excluding carboxylic acids is 2. The van der Waals surface area contributed by atoms with Gasteiger partial charge in [0.15, 0.2) is 0 Å². The summed E-state index contributed by atoms with van der Waals surface area (Å²) in [5.41, 5.74) is 1.65. The Kier molecular flexibility index (Phi) is 5.76. The second-order valence-corrected chi connectivity index (χ2v) is 7.84. The van der Waals surface area contributed by atoms with Crippen LogP contribution >= 0.6 is 0 Å². The van der Waals surface area contributed by atoms with Crippen molar-refractivity contribution < 1.29 is 14.3 Å². The number of amides is 2. The van der Waals surface area contributed by atoms with Crippen molar-refractivity contribution >= 4 is 23.2 Å². The Bertz CT molecular complexity index is 875. The van der Waals surface area contributed by atoms with Gasteiger partial charge in [0.2, 0.25) is 5.91 Å². The molecule has 0 saturated carbocycles. The van der Waals surface area contributed by atoms with Crippen molar-refractivity contribution in [3.05, 3.63) is 48.3 Å². The Balaban J connectivity index is 1.37. The molecule has 2 saturated heterocycles. The van der Waals surface area contributed by atoms with Crippen molar-refractivity contribution in [3.63, 3.8) is 0 Å². The quantitative estimate of drug-likeness (QED) is 0.700. The van der Waals surface area contributed by atoms with E-state index in [1.165, 1.54) is 26.1 Å². The van der Waals surface area contributed by atoms with Crippen LogP contribution in [0.1, 0.15) is 42.5 Å². The van der Waals surface area contributed by atoms with E-state index in [1.807, 2.05) is 0 Å². The van der Waals surface area contributed by atoms with E-state index < -0.39 is 0 Å². The molecule has 29 heavy (non-hydrogen) atoms. The first kappa shape index (κ1) is 19.4. The van der Waals surface area contributed by atoms with Gasteiger partial charge in [0.25, 0.3) is 5.91 Å². The molecule has 152 valence electrons. The summed E-state index contributed by atoms with van der Waals surface area (Å²) in [4.78, 5) is 28.8. The van der Waals surface area contributed by atoms with Gasteiger partial charge in [-0.15, -0.1) is 0 Å². The number of hydrogen-bond acceptors (Lipinski definition) is 5. The van der Waals surface area contributed by atoms with Gasteiger partial charge in [0.05, 0.1) is 18.4 Å². The summed E-state index contributed by atoms with van der Waals surface area (Å²) in [6.07, 6.45) is 8.26. The van der Waals surface area contributed by atoms with Crippen LogP contribution in [0.25, 0.3) is 0 Å². The molecule has 2 aliphatic heterocycles. The minimum absolute atomic E-state index is 0.0190. The SMILES string of the molecule is COc1cc(NC(=O)CC2CC3CCC(C2)N3)ccc1NC(=O)c1cccnc1. The van der Waals surface area contributed by atoms with E-state index in [2.05, 4.69) is 20.9 Å². The largest absolute Gasteiger partial charge is 0.494 e. The number of ether oxygens (including phenoxy) is 1. The van der Waals surface area contributed by atoms with Crippen LogP contribution in [0.4, 0.5) is 11.4 Å². The zero-order valence-electron chi connectivity index (χ0n) is 16.5. The summed E-state index contributed by atoms with van der Waals surface area (Å²) in [6, 6.07) is 9.78. The average Bonchev–Trinajstić information content (AvgIpc) is 3.07. The highest BCUT2D eigenvalue weighted by Gasteiger charge is 2.34. The predicted molar refractivity (Wildman–Crippen MR) is 111 cm³/mol. The molecule has 2 unspecified atom stereocenters. The monoisotopic (exact) mass is 394 g/mol. The maximum atomic E-state index is 12.5. The molecule has 0 spiro atoms. The van der Waals surface area contributed by atoms with Crippen LogP contribution in [0.3, 0.4) is 0 Å². The molecule has 2 amide bonds. The van der Waals surface area contributed by atoms with Crippen molar-refractivity contribution in [1.29, 1.82) is 0 Å². The van der Waals surface area contributed by atoms with Crippen LogP contribution in [0.15, 0.2) is 42.7 Å². The topological polar surface area (TPSA) is 92.4 Å². The molecule has 2 fully saturated rings. The van der Waals surface area contributed by atoms with E-state index in [-0.39, 0.29) is 11.8 Å². The summed E-state index contributed by atoms with van der Waals surface area (Å²) >= 11 is 0. The molecule has 2 aromatic rings. The first-order valence-electron chi connectivity index (χ1n) is 10.1. The number of fused-ring (bicyclic) bond motifs is 2. The summed E-state index contributed by atoms with van der Waals surface area (Å²) in [5.74, 6) is 0.674. The fraction of sp³-hybridized carbons (Fsp3) is 0.409. The molecule has 4 rings (SSSR count). The molecule has 0 aliphatic carbocycles. The molecule has 0 radical (unpaired) electrons. The molecular formula is C22H26N4O3. The first-order valence-corrected chi connectivity index (χ1v) is 10.1. The molecule has 3 heterocycles. The summed E-state index contributed by atoms with van der Waals surface area (Å²) in [5, 5.41) is 9.39. The Labute approximate surface area is 170 Å². The minimum atomic E-state index is -0.270. The second-order valence-electron chi connectivity index (χ2n) is 7.84. The van der Waals surface area contributed by atoms with Crippen molar-refractivity contribution in [2.45, 2.75) is 44.2 Å². The first-order chi connectivity index (χ1) is 14.1. The lowest BCUT2D eigenvalue weighted by molar-refractivity contribution is -0.117. The summed E-state index contributed by atoms with van der Waals surface area (Å²) in [7, 11) is 1.53. The van der Waals surface area contributed by atoms with Gasteiger partial charge in [-0.3, -0.25) is 14.6 Å². The fourth-order valence-electron chi connectivity index (χ4n) is 4.38. The van der Waals surface area contributed by atoms with Gasteiger partial charge in [0, 0.05) is 42.7 Å². The van der Waals surface area contributed by atoms with Crippen molar-refractivity contribution in [2.75, 3.05) is 17.7 Å². The van der Waals surface area contributed by atoms with Gasteiger partial charge in [-0.2, -0.15) is 0 Å². The van der Waals surface area contributed by atoms with E-state index in [1.54, 1.807) is 36.5 Å². The zero-order chi connectivity index (χ0) is 20.2. The summed E-state index contributed by atoms with van der Waals surface area (Å²) < 4.78 is 5.40. The second kappa shape index (κ2) is 8.61. The number of carbonyl (C=O) groups is 2. The van der Waals surface area contributed by atoms with Gasteiger partial charge in [0.1, 0.15) is 5.75 Å². The van der Waals surface area contributed by atoms with Crippen LogP contribution in [0.2, 0.25) is 0 Å². The third-order valence-electron chi connectivity index (χ3n) is 5.70. The van der Waals surface area contributed by atoms with Gasteiger partial charge >= 0.3 is 0 Å². The number of nitrogens with zero attached hydrogens (tertiary/aromatic N) is 1. The molecule has 1 aromatic carbocycles. The summed E-state index contributed by atoms with van der Waals surface area (Å²) in [6.45, 7) is 0. The van der Waals surface area contributed by atoms with Crippen LogP contribution in [0.5, 0.6) is 5.75 Å². The van der Waals surface area contributed by atoms with E-state index in [4.69, 9.17) is 4.74 Å². The molecule has 2 atom stereocenters. The molecule has 7 heteroatoms. The number of anilines is 2. The normalized spacial score (nSPS) is 22.7. The third kappa shape index (κ3) is 4.74. The number of nitrogens with one attached hydrogen (secondary N) is 3. The molecule has 2 bridgehead atoms. The number of pyridine rings is 1. The van der Waals surface area contributed by atoms with E-state index >= 15 is 0 Å². The van der Waals surface area contributed by atoms with Crippen molar-refractivity contribution in [2.24, 2.45) is 5.92 Å². The number of rotatable bonds is 6. The van der Waals surface area contributed by atoms with Crippen LogP contribution in [0, 0.1) is 5.92 Å².